The molecule has 0 bridgehead atoms. The highest BCUT2D eigenvalue weighted by molar-refractivity contribution is 8.00. The minimum Gasteiger partial charge on any atom is -0.497 e. The first kappa shape index (κ1) is 20.9. The molecule has 31 heavy (non-hydrogen) atoms. The number of Topliss-reactive ketones (excluding diaryl/α,β-unsaturated/α-hetero) is 1. The van der Waals surface area contributed by atoms with Crippen LogP contribution in [-0.4, -0.2) is 27.7 Å². The average molecular weight is 430 g/mol. The number of hydrogen-bond donors (Lipinski definition) is 0. The highest BCUT2D eigenvalue weighted by atomic mass is 32.2. The lowest BCUT2D eigenvalue weighted by atomic mass is 10.0. The Morgan fingerprint density at radius 2 is 1.52 bits per heavy atom. The van der Waals surface area contributed by atoms with E-state index in [9.17, 15) is 4.79 Å². The van der Waals surface area contributed by atoms with E-state index in [0.29, 0.717) is 10.7 Å². The first-order valence-electron chi connectivity index (χ1n) is 9.93. The van der Waals surface area contributed by atoms with Gasteiger partial charge >= 0.3 is 0 Å². The monoisotopic (exact) mass is 429 g/mol. The van der Waals surface area contributed by atoms with E-state index in [4.69, 9.17) is 4.74 Å². The van der Waals surface area contributed by atoms with E-state index in [2.05, 4.69) is 10.2 Å². The smallest absolute Gasteiger partial charge is 0.196 e. The number of nitrogens with zero attached hydrogens (tertiary/aromatic N) is 3. The zero-order valence-corrected chi connectivity index (χ0v) is 18.5. The lowest BCUT2D eigenvalue weighted by Gasteiger charge is -2.17. The van der Waals surface area contributed by atoms with E-state index in [-0.39, 0.29) is 5.78 Å². The number of ether oxygens (including phenoxy) is 1. The number of carbonyl (C=O) groups is 1. The van der Waals surface area contributed by atoms with Gasteiger partial charge in [0.25, 0.3) is 0 Å². The standard InChI is InChI=1S/C25H23N3O2S/c1-17-4-8-19(9-5-17)23(29)24(20-10-6-18(2)7-11-20)31-25-27-26-16-28(25)21-12-14-22(30-3)15-13-21/h4-16,24H,1-3H3. The second-order valence-electron chi connectivity index (χ2n) is 7.32. The summed E-state index contributed by atoms with van der Waals surface area (Å²) < 4.78 is 7.13. The van der Waals surface area contributed by atoms with Crippen LogP contribution in [0.15, 0.2) is 84.3 Å². The quantitative estimate of drug-likeness (QED) is 0.282. The summed E-state index contributed by atoms with van der Waals surface area (Å²) >= 11 is 1.40. The summed E-state index contributed by atoms with van der Waals surface area (Å²) in [6.45, 7) is 4.05. The number of aryl methyl sites for hydroxylation is 2. The molecular formula is C25H23N3O2S. The molecule has 0 aliphatic rings. The van der Waals surface area contributed by atoms with E-state index in [1.165, 1.54) is 11.8 Å². The molecule has 0 spiro atoms. The molecule has 0 aliphatic heterocycles. The normalized spacial score (nSPS) is 11.8. The van der Waals surface area contributed by atoms with Crippen LogP contribution in [0.5, 0.6) is 5.75 Å². The predicted molar refractivity (Wildman–Crippen MR) is 123 cm³/mol. The third kappa shape index (κ3) is 4.70. The Morgan fingerprint density at radius 3 is 2.13 bits per heavy atom. The van der Waals surface area contributed by atoms with Crippen molar-refractivity contribution in [1.82, 2.24) is 14.8 Å². The fourth-order valence-electron chi connectivity index (χ4n) is 3.21. The van der Waals surface area contributed by atoms with Gasteiger partial charge in [0.2, 0.25) is 0 Å². The molecule has 0 fully saturated rings. The Morgan fingerprint density at radius 1 is 0.903 bits per heavy atom. The first-order chi connectivity index (χ1) is 15.0. The van der Waals surface area contributed by atoms with E-state index in [1.807, 2.05) is 91.2 Å². The molecule has 1 atom stereocenters. The third-order valence-corrected chi connectivity index (χ3v) is 6.26. The molecule has 1 aromatic heterocycles. The van der Waals surface area contributed by atoms with E-state index in [1.54, 1.807) is 13.4 Å². The van der Waals surface area contributed by atoms with Crippen LogP contribution in [0, 0.1) is 13.8 Å². The van der Waals surface area contributed by atoms with Crippen LogP contribution in [0.3, 0.4) is 0 Å². The maximum Gasteiger partial charge on any atom is 0.196 e. The van der Waals surface area contributed by atoms with Gasteiger partial charge < -0.3 is 4.74 Å². The molecule has 0 radical (unpaired) electrons. The molecule has 0 N–H and O–H groups in total. The van der Waals surface area contributed by atoms with Gasteiger partial charge in [-0.2, -0.15) is 0 Å². The Kier molecular flexibility index (Phi) is 6.18. The fraction of sp³-hybridized carbons (Fsp3) is 0.160. The maximum atomic E-state index is 13.5. The number of benzene rings is 3. The lowest BCUT2D eigenvalue weighted by molar-refractivity contribution is 0.0989. The van der Waals surface area contributed by atoms with Crippen molar-refractivity contribution in [2.24, 2.45) is 0 Å². The van der Waals surface area contributed by atoms with Gasteiger partial charge in [0, 0.05) is 11.3 Å². The Hall–Kier alpha value is -3.38. The SMILES string of the molecule is COc1ccc(-n2cnnc2SC(C(=O)c2ccc(C)cc2)c2ccc(C)cc2)cc1. The van der Waals surface area contributed by atoms with Crippen LogP contribution in [0.25, 0.3) is 5.69 Å². The molecule has 0 saturated heterocycles. The zero-order chi connectivity index (χ0) is 21.8. The molecule has 4 aromatic rings. The Bertz CT molecular complexity index is 1170. The second kappa shape index (κ2) is 9.18. The first-order valence-corrected chi connectivity index (χ1v) is 10.8. The minimum atomic E-state index is -0.440. The minimum absolute atomic E-state index is 0.0399. The molecule has 6 heteroatoms. The van der Waals surface area contributed by atoms with E-state index >= 15 is 0 Å². The van der Waals surface area contributed by atoms with Crippen LogP contribution in [-0.2, 0) is 0 Å². The van der Waals surface area contributed by atoms with Crippen molar-refractivity contribution in [3.8, 4) is 11.4 Å². The maximum absolute atomic E-state index is 13.5. The van der Waals surface area contributed by atoms with Crippen molar-refractivity contribution in [1.29, 1.82) is 0 Å². The average Bonchev–Trinajstić information content (AvgIpc) is 3.26. The summed E-state index contributed by atoms with van der Waals surface area (Å²) in [5, 5.41) is 8.60. The van der Waals surface area contributed by atoms with Crippen molar-refractivity contribution < 1.29 is 9.53 Å². The highest BCUT2D eigenvalue weighted by Gasteiger charge is 2.26. The number of aromatic nitrogens is 3. The molecule has 156 valence electrons. The van der Waals surface area contributed by atoms with Crippen molar-refractivity contribution >= 4 is 17.5 Å². The fourth-order valence-corrected chi connectivity index (χ4v) is 4.32. The van der Waals surface area contributed by atoms with Gasteiger partial charge in [-0.05, 0) is 43.7 Å². The summed E-state index contributed by atoms with van der Waals surface area (Å²) in [5.41, 5.74) is 4.79. The molecule has 5 nitrogen and oxygen atoms in total. The van der Waals surface area contributed by atoms with Gasteiger partial charge in [-0.25, -0.2) is 0 Å². The van der Waals surface area contributed by atoms with Crippen molar-refractivity contribution in [3.63, 3.8) is 0 Å². The molecule has 0 amide bonds. The van der Waals surface area contributed by atoms with Crippen LogP contribution in [0.2, 0.25) is 0 Å². The Balaban J connectivity index is 1.70. The van der Waals surface area contributed by atoms with Crippen LogP contribution in [0.4, 0.5) is 0 Å². The summed E-state index contributed by atoms with van der Waals surface area (Å²) in [4.78, 5) is 13.5. The molecule has 0 aliphatic carbocycles. The summed E-state index contributed by atoms with van der Waals surface area (Å²) in [5.74, 6) is 0.816. The summed E-state index contributed by atoms with van der Waals surface area (Å²) in [6, 6.07) is 23.4. The van der Waals surface area contributed by atoms with Gasteiger partial charge in [-0.3, -0.25) is 9.36 Å². The molecular weight excluding hydrogens is 406 g/mol. The largest absolute Gasteiger partial charge is 0.497 e. The molecule has 1 heterocycles. The van der Waals surface area contributed by atoms with Gasteiger partial charge in [0.1, 0.15) is 17.3 Å². The second-order valence-corrected chi connectivity index (χ2v) is 8.39. The van der Waals surface area contributed by atoms with Crippen molar-refractivity contribution in [3.05, 3.63) is 101 Å². The third-order valence-electron chi connectivity index (χ3n) is 5.04. The highest BCUT2D eigenvalue weighted by Crippen LogP contribution is 2.38. The van der Waals surface area contributed by atoms with Gasteiger partial charge in [-0.1, -0.05) is 71.4 Å². The van der Waals surface area contributed by atoms with Crippen LogP contribution < -0.4 is 4.74 Å². The number of hydrogen-bond acceptors (Lipinski definition) is 5. The molecule has 3 aromatic carbocycles. The topological polar surface area (TPSA) is 57.0 Å². The van der Waals surface area contributed by atoms with Gasteiger partial charge in [-0.15, -0.1) is 10.2 Å². The van der Waals surface area contributed by atoms with Gasteiger partial charge in [0.15, 0.2) is 10.9 Å². The van der Waals surface area contributed by atoms with Gasteiger partial charge in [0.05, 0.1) is 7.11 Å². The number of thioether (sulfide) groups is 1. The van der Waals surface area contributed by atoms with E-state index in [0.717, 1.165) is 28.1 Å². The number of ketones is 1. The predicted octanol–water partition coefficient (Wildman–Crippen LogP) is 5.61. The van der Waals surface area contributed by atoms with Crippen molar-refractivity contribution in [2.75, 3.05) is 7.11 Å². The number of carbonyl (C=O) groups excluding carboxylic acids is 1. The van der Waals surface area contributed by atoms with E-state index < -0.39 is 5.25 Å². The van der Waals surface area contributed by atoms with Crippen LogP contribution >= 0.6 is 11.8 Å². The van der Waals surface area contributed by atoms with Crippen molar-refractivity contribution in [2.45, 2.75) is 24.3 Å². The van der Waals surface area contributed by atoms with Crippen LogP contribution in [0.1, 0.15) is 32.3 Å². The molecule has 1 unspecified atom stereocenters. The zero-order valence-electron chi connectivity index (χ0n) is 17.6. The molecule has 0 saturated carbocycles. The summed E-state index contributed by atoms with van der Waals surface area (Å²) in [6.07, 6.45) is 1.66. The molecule has 4 rings (SSSR count). The lowest BCUT2D eigenvalue weighted by Crippen LogP contribution is -2.11. The number of rotatable bonds is 7. The Labute approximate surface area is 186 Å². The summed E-state index contributed by atoms with van der Waals surface area (Å²) in [7, 11) is 1.64. The number of methoxy groups -OCH3 is 1.